The van der Waals surface area contributed by atoms with E-state index in [1.54, 1.807) is 43.6 Å². The van der Waals surface area contributed by atoms with Crippen LogP contribution in [0.15, 0.2) is 59.6 Å². The van der Waals surface area contributed by atoms with Crippen molar-refractivity contribution in [2.24, 2.45) is 0 Å². The third kappa shape index (κ3) is 3.25. The number of rotatable bonds is 5. The van der Waals surface area contributed by atoms with Crippen LogP contribution in [0.3, 0.4) is 0 Å². The molecule has 0 atom stereocenters. The lowest BCUT2D eigenvalue weighted by atomic mass is 10.1. The number of hydrogen-bond acceptors (Lipinski definition) is 4. The zero-order chi connectivity index (χ0) is 17.2. The highest BCUT2D eigenvalue weighted by Crippen LogP contribution is 2.25. The quantitative estimate of drug-likeness (QED) is 0.771. The van der Waals surface area contributed by atoms with Gasteiger partial charge in [-0.05, 0) is 42.8 Å². The van der Waals surface area contributed by atoms with E-state index in [-0.39, 0.29) is 4.90 Å². The van der Waals surface area contributed by atoms with Crippen molar-refractivity contribution in [1.82, 2.24) is 4.98 Å². The zero-order valence-corrected chi connectivity index (χ0v) is 14.3. The molecule has 2 aromatic carbocycles. The average Bonchev–Trinajstić information content (AvgIpc) is 2.57. The van der Waals surface area contributed by atoms with Crippen LogP contribution in [-0.4, -0.2) is 20.5 Å². The number of benzene rings is 2. The van der Waals surface area contributed by atoms with Crippen LogP contribution >= 0.6 is 0 Å². The number of methoxy groups -OCH3 is 1. The van der Waals surface area contributed by atoms with Gasteiger partial charge < -0.3 is 4.74 Å². The number of fused-ring (bicyclic) bond motifs is 1. The first-order valence-corrected chi connectivity index (χ1v) is 8.94. The van der Waals surface area contributed by atoms with Crippen molar-refractivity contribution in [1.29, 1.82) is 0 Å². The Balaban J connectivity index is 2.00. The molecule has 3 aromatic rings. The van der Waals surface area contributed by atoms with Gasteiger partial charge in [-0.2, -0.15) is 0 Å². The number of anilines is 1. The van der Waals surface area contributed by atoms with Crippen LogP contribution in [0.25, 0.3) is 10.9 Å². The Labute approximate surface area is 141 Å². The van der Waals surface area contributed by atoms with Crippen molar-refractivity contribution in [3.63, 3.8) is 0 Å². The summed E-state index contributed by atoms with van der Waals surface area (Å²) in [5.74, 6) is 0. The number of pyridine rings is 1. The molecule has 0 bridgehead atoms. The van der Waals surface area contributed by atoms with Crippen LogP contribution in [0.5, 0.6) is 0 Å². The summed E-state index contributed by atoms with van der Waals surface area (Å²) in [6.07, 6.45) is 1.68. The molecule has 0 spiro atoms. The molecule has 1 heterocycles. The van der Waals surface area contributed by atoms with Crippen LogP contribution < -0.4 is 4.72 Å². The number of nitrogens with zero attached hydrogens (tertiary/aromatic N) is 1. The summed E-state index contributed by atoms with van der Waals surface area (Å²) < 4.78 is 33.3. The fourth-order valence-electron chi connectivity index (χ4n) is 2.56. The van der Waals surface area contributed by atoms with Gasteiger partial charge in [0.2, 0.25) is 0 Å². The van der Waals surface area contributed by atoms with E-state index in [9.17, 15) is 8.42 Å². The van der Waals surface area contributed by atoms with Gasteiger partial charge >= 0.3 is 0 Å². The van der Waals surface area contributed by atoms with Crippen molar-refractivity contribution in [2.45, 2.75) is 18.4 Å². The van der Waals surface area contributed by atoms with E-state index in [0.717, 1.165) is 22.0 Å². The number of hydrogen-bond donors (Lipinski definition) is 1. The van der Waals surface area contributed by atoms with E-state index in [2.05, 4.69) is 9.71 Å². The van der Waals surface area contributed by atoms with Crippen LogP contribution in [-0.2, 0) is 21.4 Å². The lowest BCUT2D eigenvalue weighted by Gasteiger charge is -2.14. The minimum absolute atomic E-state index is 0.202. The van der Waals surface area contributed by atoms with Crippen molar-refractivity contribution in [3.05, 3.63) is 65.9 Å². The van der Waals surface area contributed by atoms with Gasteiger partial charge in [0, 0.05) is 24.3 Å². The summed E-state index contributed by atoms with van der Waals surface area (Å²) >= 11 is 0. The Hall–Kier alpha value is -2.44. The maximum atomic E-state index is 12.7. The molecule has 0 aliphatic carbocycles. The molecule has 0 amide bonds. The topological polar surface area (TPSA) is 68.3 Å². The first kappa shape index (κ1) is 16.4. The summed E-state index contributed by atoms with van der Waals surface area (Å²) in [7, 11) is -2.11. The van der Waals surface area contributed by atoms with Gasteiger partial charge in [-0.25, -0.2) is 8.42 Å². The lowest BCUT2D eigenvalue weighted by molar-refractivity contribution is 0.185. The minimum atomic E-state index is -3.70. The minimum Gasteiger partial charge on any atom is -0.380 e. The molecule has 5 nitrogen and oxygen atoms in total. The van der Waals surface area contributed by atoms with Gasteiger partial charge in [0.05, 0.1) is 22.7 Å². The normalized spacial score (nSPS) is 11.6. The molecule has 124 valence electrons. The van der Waals surface area contributed by atoms with Gasteiger partial charge in [-0.3, -0.25) is 9.71 Å². The summed E-state index contributed by atoms with van der Waals surface area (Å²) in [4.78, 5) is 4.41. The van der Waals surface area contributed by atoms with E-state index in [0.29, 0.717) is 12.3 Å². The highest BCUT2D eigenvalue weighted by atomic mass is 32.2. The smallest absolute Gasteiger partial charge is 0.261 e. The van der Waals surface area contributed by atoms with E-state index in [4.69, 9.17) is 4.74 Å². The van der Waals surface area contributed by atoms with E-state index < -0.39 is 10.0 Å². The van der Waals surface area contributed by atoms with E-state index in [1.165, 1.54) is 0 Å². The third-order valence-electron chi connectivity index (χ3n) is 3.83. The van der Waals surface area contributed by atoms with Crippen LogP contribution in [0, 0.1) is 6.92 Å². The zero-order valence-electron chi connectivity index (χ0n) is 13.5. The monoisotopic (exact) mass is 342 g/mol. The molecule has 0 fully saturated rings. The van der Waals surface area contributed by atoms with Crippen LogP contribution in [0.2, 0.25) is 0 Å². The summed E-state index contributed by atoms with van der Waals surface area (Å²) in [5, 5.41) is 0.779. The summed E-state index contributed by atoms with van der Waals surface area (Å²) in [5.41, 5.74) is 3.08. The van der Waals surface area contributed by atoms with Crippen molar-refractivity contribution in [3.8, 4) is 0 Å². The molecule has 0 radical (unpaired) electrons. The Morgan fingerprint density at radius 3 is 2.75 bits per heavy atom. The lowest BCUT2D eigenvalue weighted by Crippen LogP contribution is -2.15. The van der Waals surface area contributed by atoms with Crippen molar-refractivity contribution < 1.29 is 13.2 Å². The van der Waals surface area contributed by atoms with E-state index >= 15 is 0 Å². The maximum absolute atomic E-state index is 12.7. The van der Waals surface area contributed by atoms with Crippen LogP contribution in [0.1, 0.15) is 11.1 Å². The molecule has 0 aliphatic heterocycles. The number of ether oxygens (including phenoxy) is 1. The van der Waals surface area contributed by atoms with Crippen LogP contribution in [0.4, 0.5) is 5.69 Å². The van der Waals surface area contributed by atoms with Crippen molar-refractivity contribution in [2.75, 3.05) is 11.8 Å². The Bertz CT molecular complexity index is 984. The van der Waals surface area contributed by atoms with Gasteiger partial charge in [0.1, 0.15) is 0 Å². The molecule has 1 N–H and O–H groups in total. The molecule has 6 heteroatoms. The summed E-state index contributed by atoms with van der Waals surface area (Å²) in [6, 6.07) is 14.0. The van der Waals surface area contributed by atoms with Gasteiger partial charge in [-0.15, -0.1) is 0 Å². The second-order valence-corrected chi connectivity index (χ2v) is 7.18. The number of sulfonamides is 1. The number of aryl methyl sites for hydroxylation is 1. The highest BCUT2D eigenvalue weighted by molar-refractivity contribution is 7.92. The molecule has 24 heavy (non-hydrogen) atoms. The molecule has 0 saturated carbocycles. The molecule has 3 rings (SSSR count). The largest absolute Gasteiger partial charge is 0.380 e. The second-order valence-electron chi connectivity index (χ2n) is 5.50. The molecule has 0 saturated heterocycles. The average molecular weight is 342 g/mol. The standard InChI is InChI=1S/C18H18N2O3S/c1-13-5-3-7-18(16(13)12-23-2)20-24(21,22)15-8-9-17-14(11-15)6-4-10-19-17/h3-11,20H,12H2,1-2H3. The molecule has 0 aliphatic rings. The summed E-state index contributed by atoms with van der Waals surface area (Å²) in [6.45, 7) is 2.26. The molecule has 1 aromatic heterocycles. The SMILES string of the molecule is COCc1c(C)cccc1NS(=O)(=O)c1ccc2ncccc2c1. The Morgan fingerprint density at radius 2 is 1.96 bits per heavy atom. The number of nitrogens with one attached hydrogen (secondary N) is 1. The molecular formula is C18H18N2O3S. The fourth-order valence-corrected chi connectivity index (χ4v) is 3.69. The van der Waals surface area contributed by atoms with Gasteiger partial charge in [-0.1, -0.05) is 18.2 Å². The van der Waals surface area contributed by atoms with Gasteiger partial charge in [0.25, 0.3) is 10.0 Å². The first-order valence-electron chi connectivity index (χ1n) is 7.46. The fraction of sp³-hybridized carbons (Fsp3) is 0.167. The van der Waals surface area contributed by atoms with Crippen molar-refractivity contribution >= 4 is 26.6 Å². The first-order chi connectivity index (χ1) is 11.5. The third-order valence-corrected chi connectivity index (χ3v) is 5.19. The Kier molecular flexibility index (Phi) is 4.51. The molecule has 0 unspecified atom stereocenters. The van der Waals surface area contributed by atoms with E-state index in [1.807, 2.05) is 25.1 Å². The highest BCUT2D eigenvalue weighted by Gasteiger charge is 2.17. The number of aromatic nitrogens is 1. The molecular weight excluding hydrogens is 324 g/mol. The predicted molar refractivity (Wildman–Crippen MR) is 94.4 cm³/mol. The van der Waals surface area contributed by atoms with Gasteiger partial charge in [0.15, 0.2) is 0 Å². The Morgan fingerprint density at radius 1 is 1.12 bits per heavy atom. The second kappa shape index (κ2) is 6.59. The predicted octanol–water partition coefficient (Wildman–Crippen LogP) is 3.49. The maximum Gasteiger partial charge on any atom is 0.261 e.